The van der Waals surface area contributed by atoms with Gasteiger partial charge in [-0.3, -0.25) is 4.79 Å². The van der Waals surface area contributed by atoms with E-state index in [1.807, 2.05) is 0 Å². The monoisotopic (exact) mass is 392 g/mol. The SMILES string of the molecule is CCC(C)C(NC(=O)OC)C(=O)NC(C)C(=O)OCC(F)(F)C(F)(F)F. The normalized spacial score (nSPS) is 15.4. The summed E-state index contributed by atoms with van der Waals surface area (Å²) in [6.07, 6.45) is -6.32. The standard InChI is InChI=1S/C14H21F5N2O5/c1-5-7(2)9(21-12(24)25-4)10(22)20-8(3)11(23)26-6-13(15,16)14(17,18)19/h7-9H,5-6H2,1-4H3,(H,20,22)(H,21,24). The minimum atomic E-state index is -5.87. The van der Waals surface area contributed by atoms with Gasteiger partial charge < -0.3 is 20.1 Å². The predicted octanol–water partition coefficient (Wildman–Crippen LogP) is 2.00. The molecule has 0 fully saturated rings. The summed E-state index contributed by atoms with van der Waals surface area (Å²) in [7, 11) is 1.07. The summed E-state index contributed by atoms with van der Waals surface area (Å²) < 4.78 is 69.8. The van der Waals surface area contributed by atoms with E-state index in [2.05, 4.69) is 20.1 Å². The highest BCUT2D eigenvalue weighted by Gasteiger charge is 2.58. The summed E-state index contributed by atoms with van der Waals surface area (Å²) in [5.74, 6) is -7.93. The van der Waals surface area contributed by atoms with E-state index in [1.54, 1.807) is 13.8 Å². The van der Waals surface area contributed by atoms with Gasteiger partial charge in [0.1, 0.15) is 12.1 Å². The highest BCUT2D eigenvalue weighted by atomic mass is 19.4. The first kappa shape index (κ1) is 23.9. The van der Waals surface area contributed by atoms with Gasteiger partial charge in [-0.05, 0) is 12.8 Å². The van der Waals surface area contributed by atoms with Crippen molar-refractivity contribution < 1.29 is 45.8 Å². The van der Waals surface area contributed by atoms with E-state index in [-0.39, 0.29) is 5.92 Å². The van der Waals surface area contributed by atoms with Crippen LogP contribution in [0.2, 0.25) is 0 Å². The molecule has 0 aromatic rings. The Morgan fingerprint density at radius 1 is 1.04 bits per heavy atom. The fraction of sp³-hybridized carbons (Fsp3) is 0.786. The second-order valence-electron chi connectivity index (χ2n) is 5.54. The van der Waals surface area contributed by atoms with E-state index >= 15 is 0 Å². The van der Waals surface area contributed by atoms with Gasteiger partial charge in [-0.2, -0.15) is 22.0 Å². The maximum atomic E-state index is 12.7. The highest BCUT2D eigenvalue weighted by molar-refractivity contribution is 5.89. The van der Waals surface area contributed by atoms with Crippen LogP contribution in [-0.4, -0.2) is 55.9 Å². The zero-order chi connectivity index (χ0) is 20.7. The fourth-order valence-electron chi connectivity index (χ4n) is 1.62. The summed E-state index contributed by atoms with van der Waals surface area (Å²) in [4.78, 5) is 35.0. The Balaban J connectivity index is 4.84. The molecule has 0 aliphatic carbocycles. The van der Waals surface area contributed by atoms with E-state index in [1.165, 1.54) is 0 Å². The number of hydrogen-bond acceptors (Lipinski definition) is 5. The van der Waals surface area contributed by atoms with Gasteiger partial charge in [0.15, 0.2) is 6.61 Å². The van der Waals surface area contributed by atoms with Gasteiger partial charge in [-0.1, -0.05) is 20.3 Å². The molecule has 2 N–H and O–H groups in total. The lowest BCUT2D eigenvalue weighted by Crippen LogP contribution is -2.54. The smallest absolute Gasteiger partial charge is 0.456 e. The lowest BCUT2D eigenvalue weighted by molar-refractivity contribution is -0.294. The molecule has 0 spiro atoms. The molecule has 3 unspecified atom stereocenters. The Labute approximate surface area is 146 Å². The summed E-state index contributed by atoms with van der Waals surface area (Å²) >= 11 is 0. The molecule has 0 saturated carbocycles. The van der Waals surface area contributed by atoms with Gasteiger partial charge in [0, 0.05) is 0 Å². The third-order valence-electron chi connectivity index (χ3n) is 3.48. The van der Waals surface area contributed by atoms with Gasteiger partial charge >= 0.3 is 24.2 Å². The molecule has 0 bridgehead atoms. The number of esters is 1. The topological polar surface area (TPSA) is 93.7 Å². The lowest BCUT2D eigenvalue weighted by Gasteiger charge is -2.25. The minimum Gasteiger partial charge on any atom is -0.457 e. The molecule has 7 nitrogen and oxygen atoms in total. The summed E-state index contributed by atoms with van der Waals surface area (Å²) in [6.45, 7) is 2.18. The maximum Gasteiger partial charge on any atom is 0.456 e. The molecule has 0 rings (SSSR count). The van der Waals surface area contributed by atoms with Crippen LogP contribution in [0.3, 0.4) is 0 Å². The first-order valence-corrected chi connectivity index (χ1v) is 7.52. The van der Waals surface area contributed by atoms with Crippen LogP contribution in [0.15, 0.2) is 0 Å². The first-order valence-electron chi connectivity index (χ1n) is 7.52. The molecule has 0 heterocycles. The molecule has 3 atom stereocenters. The van der Waals surface area contributed by atoms with E-state index < -0.39 is 48.8 Å². The van der Waals surface area contributed by atoms with E-state index in [0.29, 0.717) is 6.42 Å². The Bertz CT molecular complexity index is 512. The van der Waals surface area contributed by atoms with Crippen molar-refractivity contribution in [2.75, 3.05) is 13.7 Å². The Morgan fingerprint density at radius 2 is 1.58 bits per heavy atom. The molecule has 2 amide bonds. The zero-order valence-corrected chi connectivity index (χ0v) is 14.6. The molecular formula is C14H21F5N2O5. The molecule has 0 radical (unpaired) electrons. The Morgan fingerprint density at radius 3 is 2.00 bits per heavy atom. The zero-order valence-electron chi connectivity index (χ0n) is 14.6. The lowest BCUT2D eigenvalue weighted by atomic mass is 9.98. The molecule has 26 heavy (non-hydrogen) atoms. The Kier molecular flexibility index (Phi) is 8.74. The second-order valence-corrected chi connectivity index (χ2v) is 5.54. The average molecular weight is 392 g/mol. The third-order valence-corrected chi connectivity index (χ3v) is 3.48. The molecule has 0 aliphatic rings. The summed E-state index contributed by atoms with van der Waals surface area (Å²) in [5.41, 5.74) is 0. The van der Waals surface area contributed by atoms with Gasteiger partial charge in [0.05, 0.1) is 7.11 Å². The average Bonchev–Trinajstić information content (AvgIpc) is 2.55. The molecule has 0 aromatic carbocycles. The van der Waals surface area contributed by atoms with Crippen molar-refractivity contribution in [2.24, 2.45) is 5.92 Å². The number of carbonyl (C=O) groups excluding carboxylic acids is 3. The number of ether oxygens (including phenoxy) is 2. The number of alkyl carbamates (subject to hydrolysis) is 1. The molecule has 12 heteroatoms. The van der Waals surface area contributed by atoms with Crippen LogP contribution in [0.1, 0.15) is 27.2 Å². The number of halogens is 5. The molecule has 0 aromatic heterocycles. The number of methoxy groups -OCH3 is 1. The van der Waals surface area contributed by atoms with Crippen molar-refractivity contribution in [1.82, 2.24) is 10.6 Å². The summed E-state index contributed by atoms with van der Waals surface area (Å²) in [6, 6.07) is -2.63. The Hall–Kier alpha value is -2.14. The van der Waals surface area contributed by atoms with Crippen molar-refractivity contribution in [3.63, 3.8) is 0 Å². The molecule has 152 valence electrons. The van der Waals surface area contributed by atoms with Crippen LogP contribution < -0.4 is 10.6 Å². The number of hydrogen-bond donors (Lipinski definition) is 2. The van der Waals surface area contributed by atoms with Gasteiger partial charge in [-0.25, -0.2) is 9.59 Å². The highest BCUT2D eigenvalue weighted by Crippen LogP contribution is 2.35. The van der Waals surface area contributed by atoms with Crippen LogP contribution in [0.25, 0.3) is 0 Å². The van der Waals surface area contributed by atoms with Crippen molar-refractivity contribution >= 4 is 18.0 Å². The van der Waals surface area contributed by atoms with Crippen molar-refractivity contribution in [3.05, 3.63) is 0 Å². The number of nitrogens with one attached hydrogen (secondary N) is 2. The van der Waals surface area contributed by atoms with Crippen molar-refractivity contribution in [3.8, 4) is 0 Å². The molecule has 0 saturated heterocycles. The van der Waals surface area contributed by atoms with Crippen LogP contribution in [0.4, 0.5) is 26.7 Å². The quantitative estimate of drug-likeness (QED) is 0.487. The maximum absolute atomic E-state index is 12.7. The number of amides is 2. The fourth-order valence-corrected chi connectivity index (χ4v) is 1.62. The molecule has 0 aliphatic heterocycles. The van der Waals surface area contributed by atoms with Crippen molar-refractivity contribution in [1.29, 1.82) is 0 Å². The number of carbonyl (C=O) groups is 3. The predicted molar refractivity (Wildman–Crippen MR) is 78.3 cm³/mol. The second kappa shape index (κ2) is 9.53. The van der Waals surface area contributed by atoms with Gasteiger partial charge in [-0.15, -0.1) is 0 Å². The third kappa shape index (κ3) is 7.00. The van der Waals surface area contributed by atoms with Gasteiger partial charge in [0.2, 0.25) is 5.91 Å². The number of rotatable bonds is 8. The van der Waals surface area contributed by atoms with Gasteiger partial charge in [0.25, 0.3) is 0 Å². The van der Waals surface area contributed by atoms with E-state index in [4.69, 9.17) is 0 Å². The van der Waals surface area contributed by atoms with Crippen molar-refractivity contribution in [2.45, 2.75) is 51.4 Å². The largest absolute Gasteiger partial charge is 0.457 e. The number of alkyl halides is 5. The summed E-state index contributed by atoms with van der Waals surface area (Å²) in [5, 5.41) is 4.33. The van der Waals surface area contributed by atoms with E-state index in [0.717, 1.165) is 14.0 Å². The van der Waals surface area contributed by atoms with Crippen LogP contribution in [-0.2, 0) is 19.1 Å². The first-order chi connectivity index (χ1) is 11.8. The van der Waals surface area contributed by atoms with Crippen LogP contribution in [0.5, 0.6) is 0 Å². The van der Waals surface area contributed by atoms with Crippen LogP contribution in [0, 0.1) is 5.92 Å². The minimum absolute atomic E-state index is 0.383. The molecular weight excluding hydrogens is 371 g/mol. The van der Waals surface area contributed by atoms with Crippen LogP contribution >= 0.6 is 0 Å². The van der Waals surface area contributed by atoms with E-state index in [9.17, 15) is 36.3 Å².